The van der Waals surface area contributed by atoms with Crippen LogP contribution in [0.3, 0.4) is 0 Å². The van der Waals surface area contributed by atoms with E-state index in [2.05, 4.69) is 0 Å². The van der Waals surface area contributed by atoms with Crippen molar-refractivity contribution in [1.29, 1.82) is 0 Å². The Kier molecular flexibility index (Phi) is 18.2. The molecular weight excluding hydrogens is 283 g/mol. The Balaban J connectivity index is 3.18. The van der Waals surface area contributed by atoms with E-state index in [4.69, 9.17) is 4.74 Å². The number of ether oxygens (including phenoxy) is 1. The third kappa shape index (κ3) is 16.8. The van der Waals surface area contributed by atoms with Gasteiger partial charge in [-0.15, -0.1) is 0 Å². The monoisotopic (exact) mass is 320 g/mol. The van der Waals surface area contributed by atoms with E-state index in [0.717, 1.165) is 12.8 Å². The van der Waals surface area contributed by atoms with Gasteiger partial charge >= 0.3 is 108 Å². The van der Waals surface area contributed by atoms with Gasteiger partial charge in [0.15, 0.2) is 0 Å². The van der Waals surface area contributed by atoms with E-state index in [1.807, 2.05) is 13.8 Å². The summed E-state index contributed by atoms with van der Waals surface area (Å²) in [5, 5.41) is 0. The Hall–Kier alpha value is 0.470. The Morgan fingerprint density at radius 1 is 0.864 bits per heavy atom. The van der Waals surface area contributed by atoms with Crippen molar-refractivity contribution in [3.05, 3.63) is 0 Å². The summed E-state index contributed by atoms with van der Waals surface area (Å²) in [4.78, 5) is 11.4. The van der Waals surface area contributed by atoms with Crippen LogP contribution >= 0.6 is 0 Å². The molecule has 0 heterocycles. The van der Waals surface area contributed by atoms with Crippen LogP contribution in [0.1, 0.15) is 104 Å². The molecule has 2 nitrogen and oxygen atoms in total. The number of rotatable bonds is 16. The number of esters is 1. The van der Waals surface area contributed by atoms with E-state index in [1.54, 1.807) is 0 Å². The molecule has 0 aromatic heterocycles. The van der Waals surface area contributed by atoms with Crippen LogP contribution in [-0.4, -0.2) is 40.0 Å². The zero-order valence-electron chi connectivity index (χ0n) is 15.5. The van der Waals surface area contributed by atoms with Gasteiger partial charge in [0.1, 0.15) is 0 Å². The zero-order valence-corrected chi connectivity index (χ0v) is 17.5. The van der Waals surface area contributed by atoms with Gasteiger partial charge < -0.3 is 4.74 Å². The van der Waals surface area contributed by atoms with Crippen molar-refractivity contribution in [1.82, 2.24) is 0 Å². The minimum atomic E-state index is -0.0315. The standard InChI is InChI=1S/C19H37O2.Na/c1-4-6-7-8-9-10-11-12-13-14-15-17-18(3)21-19(20)16-5-2;/h18H,1,4-17H2,2-3H3;. The van der Waals surface area contributed by atoms with Crippen molar-refractivity contribution in [2.75, 3.05) is 0 Å². The molecule has 0 aromatic carbocycles. The van der Waals surface area contributed by atoms with Crippen molar-refractivity contribution in [2.24, 2.45) is 0 Å². The van der Waals surface area contributed by atoms with Gasteiger partial charge in [-0.2, -0.15) is 0 Å². The summed E-state index contributed by atoms with van der Waals surface area (Å²) < 4.78 is 6.84. The molecule has 0 spiro atoms. The van der Waals surface area contributed by atoms with Gasteiger partial charge in [0.2, 0.25) is 0 Å². The normalized spacial score (nSPS) is 12.4. The number of carbonyl (C=O) groups excluding carboxylic acids is 1. The molecule has 0 saturated carbocycles. The molecule has 0 bridgehead atoms. The molecule has 0 saturated heterocycles. The molecule has 0 aliphatic heterocycles. The van der Waals surface area contributed by atoms with Gasteiger partial charge in [0.25, 0.3) is 0 Å². The van der Waals surface area contributed by atoms with Gasteiger partial charge in [-0.1, -0.05) is 6.92 Å². The van der Waals surface area contributed by atoms with Crippen molar-refractivity contribution in [2.45, 2.75) is 114 Å². The fourth-order valence-corrected chi connectivity index (χ4v) is 3.32. The van der Waals surface area contributed by atoms with Gasteiger partial charge in [0.05, 0.1) is 6.10 Å². The molecule has 0 fully saturated rings. The Bertz CT molecular complexity index is 244. The molecule has 0 aliphatic rings. The molecule has 22 heavy (non-hydrogen) atoms. The summed E-state index contributed by atoms with van der Waals surface area (Å²) in [6.07, 6.45) is 17.9. The van der Waals surface area contributed by atoms with Gasteiger partial charge in [-0.25, -0.2) is 0 Å². The Morgan fingerprint density at radius 3 is 1.77 bits per heavy atom. The van der Waals surface area contributed by atoms with Gasteiger partial charge in [-0.3, -0.25) is 4.79 Å². The molecule has 1 atom stereocenters. The quantitative estimate of drug-likeness (QED) is 0.198. The summed E-state index contributed by atoms with van der Waals surface area (Å²) in [6.45, 7) is 4.03. The van der Waals surface area contributed by atoms with E-state index in [-0.39, 0.29) is 12.1 Å². The maximum atomic E-state index is 11.4. The summed E-state index contributed by atoms with van der Waals surface area (Å²) in [6, 6.07) is 0. The molecule has 3 heteroatoms. The van der Waals surface area contributed by atoms with Crippen molar-refractivity contribution in [3.8, 4) is 0 Å². The summed E-state index contributed by atoms with van der Waals surface area (Å²) in [5.41, 5.74) is 0. The van der Waals surface area contributed by atoms with Gasteiger partial charge in [0, 0.05) is 6.42 Å². The summed E-state index contributed by atoms with van der Waals surface area (Å²) in [5.74, 6) is -0.0315. The van der Waals surface area contributed by atoms with E-state index >= 15 is 0 Å². The number of unbranched alkanes of at least 4 members (excludes halogenated alkanes) is 10. The molecule has 126 valence electrons. The van der Waals surface area contributed by atoms with Gasteiger partial charge in [-0.05, 0) is 19.8 Å². The zero-order chi connectivity index (χ0) is 16.5. The molecule has 0 N–H and O–H groups in total. The Labute approximate surface area is 156 Å². The minimum absolute atomic E-state index is 0.0315. The predicted octanol–water partition coefficient (Wildman–Crippen LogP) is 5.99. The van der Waals surface area contributed by atoms with E-state index in [1.165, 1.54) is 102 Å². The number of hydrogen-bond donors (Lipinski definition) is 0. The van der Waals surface area contributed by atoms with Crippen molar-refractivity contribution in [3.63, 3.8) is 0 Å². The third-order valence-corrected chi connectivity index (χ3v) is 4.96. The first-order chi connectivity index (χ1) is 10.7. The molecule has 0 aliphatic carbocycles. The third-order valence-electron chi connectivity index (χ3n) is 4.25. The fraction of sp³-hybridized carbons (Fsp3) is 0.947. The van der Waals surface area contributed by atoms with Crippen LogP contribution in [-0.2, 0) is 9.53 Å². The van der Waals surface area contributed by atoms with E-state index < -0.39 is 0 Å². The molecule has 0 aromatic rings. The molecule has 0 rings (SSSR count). The van der Waals surface area contributed by atoms with Crippen molar-refractivity contribution >= 4 is 33.9 Å². The average Bonchev–Trinajstić information content (AvgIpc) is 2.48. The van der Waals surface area contributed by atoms with E-state index in [9.17, 15) is 4.79 Å². The number of hydrogen-bond acceptors (Lipinski definition) is 2. The van der Waals surface area contributed by atoms with Crippen LogP contribution in [0.15, 0.2) is 0 Å². The van der Waals surface area contributed by atoms with Crippen LogP contribution in [0.25, 0.3) is 0 Å². The first kappa shape index (κ1) is 22.5. The van der Waals surface area contributed by atoms with Crippen LogP contribution in [0.5, 0.6) is 0 Å². The second kappa shape index (κ2) is 17.8. The van der Waals surface area contributed by atoms with Crippen LogP contribution < -0.4 is 0 Å². The molecule has 0 radical (unpaired) electrons. The second-order valence-electron chi connectivity index (χ2n) is 6.73. The maximum absolute atomic E-state index is 11.4. The van der Waals surface area contributed by atoms with Crippen LogP contribution in [0.2, 0.25) is 3.67 Å². The average molecular weight is 320 g/mol. The predicted molar refractivity (Wildman–Crippen MR) is 96.4 cm³/mol. The van der Waals surface area contributed by atoms with E-state index in [0.29, 0.717) is 6.42 Å². The first-order valence-electron chi connectivity index (χ1n) is 9.90. The second-order valence-corrected chi connectivity index (χ2v) is 7.73. The van der Waals surface area contributed by atoms with Crippen LogP contribution in [0, 0.1) is 0 Å². The van der Waals surface area contributed by atoms with Crippen molar-refractivity contribution < 1.29 is 9.53 Å². The molecular formula is C19H37NaO2. The van der Waals surface area contributed by atoms with Crippen LogP contribution in [0.4, 0.5) is 0 Å². The Morgan fingerprint density at radius 2 is 1.32 bits per heavy atom. The number of carbonyl (C=O) groups is 1. The summed E-state index contributed by atoms with van der Waals surface area (Å²) in [7, 11) is 0. The summed E-state index contributed by atoms with van der Waals surface area (Å²) >= 11 is 1.38. The fourth-order valence-electron chi connectivity index (χ4n) is 2.82. The SMILES string of the molecule is CCCC(=O)OC(C)CCCCCCCCCCCC[CH2][Na]. The molecule has 0 amide bonds. The topological polar surface area (TPSA) is 26.3 Å². The first-order valence-corrected chi connectivity index (χ1v) is 11.3. The molecule has 1 unspecified atom stereocenters.